The average Bonchev–Trinajstić information content (AvgIpc) is 3.21. The summed E-state index contributed by atoms with van der Waals surface area (Å²) in [6.07, 6.45) is 6.03. The van der Waals surface area contributed by atoms with E-state index < -0.39 is 0 Å². The first-order valence-electron chi connectivity index (χ1n) is 12.1. The highest BCUT2D eigenvalue weighted by atomic mass is 16.2. The summed E-state index contributed by atoms with van der Waals surface area (Å²) in [6, 6.07) is 15.1. The van der Waals surface area contributed by atoms with Crippen LogP contribution in [0.25, 0.3) is 11.1 Å². The van der Waals surface area contributed by atoms with Gasteiger partial charge >= 0.3 is 0 Å². The molecule has 0 unspecified atom stereocenters. The van der Waals surface area contributed by atoms with Crippen LogP contribution >= 0.6 is 0 Å². The van der Waals surface area contributed by atoms with E-state index in [4.69, 9.17) is 0 Å². The maximum absolute atomic E-state index is 13.3. The first kappa shape index (κ1) is 21.2. The zero-order valence-electron chi connectivity index (χ0n) is 19.1. The number of nitrogens with one attached hydrogen (secondary N) is 1. The van der Waals surface area contributed by atoms with Gasteiger partial charge in [0.1, 0.15) is 0 Å². The fourth-order valence-corrected chi connectivity index (χ4v) is 5.30. The summed E-state index contributed by atoms with van der Waals surface area (Å²) in [5.74, 6) is 0.143. The van der Waals surface area contributed by atoms with E-state index in [1.165, 1.54) is 19.3 Å². The molecule has 3 aliphatic rings. The largest absolute Gasteiger partial charge is 0.350 e. The van der Waals surface area contributed by atoms with Gasteiger partial charge in [0.05, 0.1) is 0 Å². The Bertz CT molecular complexity index is 1010. The topological polar surface area (TPSA) is 52.7 Å². The first-order chi connectivity index (χ1) is 15.5. The van der Waals surface area contributed by atoms with Gasteiger partial charge in [-0.05, 0) is 74.4 Å². The highest BCUT2D eigenvalue weighted by Gasteiger charge is 2.37. The highest BCUT2D eigenvalue weighted by molar-refractivity contribution is 5.98. The van der Waals surface area contributed by atoms with E-state index in [1.54, 1.807) is 0 Å². The molecule has 1 saturated heterocycles. The molecular weight excluding hydrogens is 398 g/mol. The summed E-state index contributed by atoms with van der Waals surface area (Å²) in [4.78, 5) is 30.2. The Hall–Kier alpha value is -2.66. The summed E-state index contributed by atoms with van der Waals surface area (Å²) in [7, 11) is 0. The monoisotopic (exact) mass is 431 g/mol. The van der Waals surface area contributed by atoms with Crippen molar-refractivity contribution in [2.75, 3.05) is 19.6 Å². The Morgan fingerprint density at radius 2 is 1.72 bits per heavy atom. The molecule has 0 bridgehead atoms. The second-order valence-corrected chi connectivity index (χ2v) is 9.85. The second-order valence-electron chi connectivity index (χ2n) is 9.85. The van der Waals surface area contributed by atoms with Gasteiger partial charge in [-0.3, -0.25) is 14.5 Å². The van der Waals surface area contributed by atoms with Crippen LogP contribution in [0.1, 0.15) is 65.8 Å². The van der Waals surface area contributed by atoms with Gasteiger partial charge in [-0.2, -0.15) is 0 Å². The number of hydrogen-bond donors (Lipinski definition) is 1. The molecule has 32 heavy (non-hydrogen) atoms. The van der Waals surface area contributed by atoms with E-state index in [2.05, 4.69) is 21.2 Å². The fraction of sp³-hybridized carbons (Fsp3) is 0.481. The van der Waals surface area contributed by atoms with Gasteiger partial charge in [-0.25, -0.2) is 0 Å². The van der Waals surface area contributed by atoms with E-state index >= 15 is 0 Å². The molecule has 2 aromatic rings. The molecule has 1 N–H and O–H groups in total. The average molecular weight is 432 g/mol. The molecule has 168 valence electrons. The lowest BCUT2D eigenvalue weighted by atomic mass is 9.92. The maximum atomic E-state index is 13.3. The van der Waals surface area contributed by atoms with Crippen molar-refractivity contribution in [3.8, 4) is 11.1 Å². The van der Waals surface area contributed by atoms with Crippen LogP contribution in [0.3, 0.4) is 0 Å². The molecule has 2 fully saturated rings. The van der Waals surface area contributed by atoms with E-state index in [0.29, 0.717) is 11.6 Å². The van der Waals surface area contributed by atoms with Crippen LogP contribution < -0.4 is 5.32 Å². The Morgan fingerprint density at radius 1 is 0.969 bits per heavy atom. The number of likely N-dealkylation sites (tertiary alicyclic amines) is 1. The van der Waals surface area contributed by atoms with Gasteiger partial charge < -0.3 is 10.2 Å². The third kappa shape index (κ3) is 4.06. The molecule has 2 aromatic carbocycles. The predicted octanol–water partition coefficient (Wildman–Crippen LogP) is 4.12. The summed E-state index contributed by atoms with van der Waals surface area (Å²) in [5.41, 5.74) is 4.82. The van der Waals surface area contributed by atoms with Gasteiger partial charge in [-0.15, -0.1) is 0 Å². The summed E-state index contributed by atoms with van der Waals surface area (Å²) >= 11 is 0. The van der Waals surface area contributed by atoms with Crippen molar-refractivity contribution in [1.82, 2.24) is 15.1 Å². The number of benzene rings is 2. The molecule has 5 nitrogen and oxygen atoms in total. The lowest BCUT2D eigenvalue weighted by Crippen LogP contribution is -2.47. The Kier molecular flexibility index (Phi) is 5.76. The van der Waals surface area contributed by atoms with E-state index in [-0.39, 0.29) is 17.9 Å². The number of fused-ring (bicyclic) bond motifs is 1. The van der Waals surface area contributed by atoms with Gasteiger partial charge in [0.25, 0.3) is 11.8 Å². The Morgan fingerprint density at radius 3 is 2.41 bits per heavy atom. The Labute approximate surface area is 190 Å². The van der Waals surface area contributed by atoms with E-state index in [9.17, 15) is 9.59 Å². The van der Waals surface area contributed by atoms with Crippen LogP contribution in [0.15, 0.2) is 42.5 Å². The quantitative estimate of drug-likeness (QED) is 0.775. The number of hydrogen-bond acceptors (Lipinski definition) is 3. The van der Waals surface area contributed by atoms with Crippen molar-refractivity contribution in [2.45, 2.75) is 64.1 Å². The van der Waals surface area contributed by atoms with Crippen molar-refractivity contribution in [3.05, 3.63) is 59.2 Å². The molecule has 2 aliphatic heterocycles. The van der Waals surface area contributed by atoms with Crippen molar-refractivity contribution < 1.29 is 9.59 Å². The number of carbonyl (C=O) groups is 2. The normalized spacial score (nSPS) is 21.5. The first-order valence-corrected chi connectivity index (χ1v) is 12.1. The highest BCUT2D eigenvalue weighted by Crippen LogP contribution is 2.32. The number of carbonyl (C=O) groups excluding carboxylic acids is 2. The number of rotatable bonds is 5. The van der Waals surface area contributed by atoms with Crippen LogP contribution in [-0.2, 0) is 6.42 Å². The molecule has 1 atom stereocenters. The molecule has 2 heterocycles. The lowest BCUT2D eigenvalue weighted by molar-refractivity contribution is 0.0646. The van der Waals surface area contributed by atoms with E-state index in [1.807, 2.05) is 50.2 Å². The molecule has 5 rings (SSSR count). The zero-order chi connectivity index (χ0) is 22.2. The second kappa shape index (κ2) is 8.70. The van der Waals surface area contributed by atoms with Crippen LogP contribution in [0, 0.1) is 0 Å². The van der Waals surface area contributed by atoms with E-state index in [0.717, 1.165) is 60.8 Å². The lowest BCUT2D eigenvalue weighted by Gasteiger charge is -2.37. The van der Waals surface area contributed by atoms with Crippen LogP contribution in [0.5, 0.6) is 0 Å². The van der Waals surface area contributed by atoms with Crippen molar-refractivity contribution in [3.63, 3.8) is 0 Å². The molecule has 0 radical (unpaired) electrons. The Balaban J connectivity index is 1.28. The zero-order valence-corrected chi connectivity index (χ0v) is 19.1. The minimum absolute atomic E-state index is 0.0505. The summed E-state index contributed by atoms with van der Waals surface area (Å²) < 4.78 is 0. The molecule has 1 saturated carbocycles. The maximum Gasteiger partial charge on any atom is 0.254 e. The standard InChI is InChI=1S/C27H33N3O2/c1-18(2)28-26(31)20-8-6-19(7-9-20)21-10-11-25-22(16-21)12-15-30(27(25)32)24-13-14-29(17-24)23-4-3-5-23/h6-11,16,18,23-24H,3-5,12-15,17H2,1-2H3,(H,28,31)/t24-/m1/s1. The fourth-order valence-electron chi connectivity index (χ4n) is 5.30. The molecular formula is C27H33N3O2. The molecule has 1 aliphatic carbocycles. The molecule has 5 heteroatoms. The summed E-state index contributed by atoms with van der Waals surface area (Å²) in [5, 5.41) is 2.92. The molecule has 0 spiro atoms. The van der Waals surface area contributed by atoms with Crippen LogP contribution in [0.2, 0.25) is 0 Å². The molecule has 0 aromatic heterocycles. The predicted molar refractivity (Wildman–Crippen MR) is 127 cm³/mol. The van der Waals surface area contributed by atoms with Gasteiger partial charge in [0.2, 0.25) is 0 Å². The third-order valence-corrected chi connectivity index (χ3v) is 7.35. The van der Waals surface area contributed by atoms with Crippen molar-refractivity contribution >= 4 is 11.8 Å². The van der Waals surface area contributed by atoms with Crippen LogP contribution in [0.4, 0.5) is 0 Å². The molecule has 2 amide bonds. The van der Waals surface area contributed by atoms with Gasteiger partial charge in [0.15, 0.2) is 0 Å². The van der Waals surface area contributed by atoms with Gasteiger partial charge in [0, 0.05) is 48.9 Å². The third-order valence-electron chi connectivity index (χ3n) is 7.35. The van der Waals surface area contributed by atoms with Crippen molar-refractivity contribution in [2.24, 2.45) is 0 Å². The smallest absolute Gasteiger partial charge is 0.254 e. The van der Waals surface area contributed by atoms with Gasteiger partial charge in [-0.1, -0.05) is 30.7 Å². The minimum Gasteiger partial charge on any atom is -0.350 e. The number of nitrogens with zero attached hydrogens (tertiary/aromatic N) is 2. The van der Waals surface area contributed by atoms with Crippen LogP contribution in [-0.4, -0.2) is 59.4 Å². The SMILES string of the molecule is CC(C)NC(=O)c1ccc(-c2ccc3c(c2)CCN([C@@H]2CCN(C4CCC4)C2)C3=O)cc1. The van der Waals surface area contributed by atoms with Crippen molar-refractivity contribution in [1.29, 1.82) is 0 Å². The number of amides is 2. The minimum atomic E-state index is -0.0505. The summed E-state index contributed by atoms with van der Waals surface area (Å²) in [6.45, 7) is 6.90.